The van der Waals surface area contributed by atoms with Crippen molar-refractivity contribution in [3.63, 3.8) is 0 Å². The van der Waals surface area contributed by atoms with Crippen LogP contribution in [0.2, 0.25) is 0 Å². The Balaban J connectivity index is 1.35. The van der Waals surface area contributed by atoms with Gasteiger partial charge in [0.15, 0.2) is 0 Å². The van der Waals surface area contributed by atoms with Crippen molar-refractivity contribution in [1.29, 1.82) is 0 Å². The molecule has 0 saturated carbocycles. The second kappa shape index (κ2) is 11.6. The summed E-state index contributed by atoms with van der Waals surface area (Å²) in [7, 11) is 0. The average Bonchev–Trinajstić information content (AvgIpc) is 3.26. The molecule has 0 bridgehead atoms. The molecule has 1 aromatic carbocycles. The van der Waals surface area contributed by atoms with Crippen molar-refractivity contribution in [2.24, 2.45) is 0 Å². The van der Waals surface area contributed by atoms with E-state index in [1.165, 1.54) is 11.3 Å². The standard InChI is InChI=1S/C26H36FN5O4S/c1-4-28-24(34)29-22-21(19-7-5-6-8-20(19)37-22)23(33)31-15-13-30(14-16-31)18-9-11-32(12-10-18)25(35)36-26(2,3)17-27/h5-8,18H,4,9-17H2,1-3H3,(H2,28,29,34). The first-order valence-electron chi connectivity index (χ1n) is 12.9. The van der Waals surface area contributed by atoms with Gasteiger partial charge >= 0.3 is 12.1 Å². The Labute approximate surface area is 220 Å². The van der Waals surface area contributed by atoms with E-state index in [4.69, 9.17) is 4.74 Å². The Hall–Kier alpha value is -2.92. The third-order valence-electron chi connectivity index (χ3n) is 6.90. The van der Waals surface area contributed by atoms with Gasteiger partial charge in [-0.1, -0.05) is 18.2 Å². The molecule has 3 heterocycles. The van der Waals surface area contributed by atoms with E-state index in [0.717, 1.165) is 36.0 Å². The molecule has 2 saturated heterocycles. The average molecular weight is 534 g/mol. The van der Waals surface area contributed by atoms with Gasteiger partial charge < -0.3 is 19.9 Å². The summed E-state index contributed by atoms with van der Waals surface area (Å²) in [6.45, 7) is 8.58. The highest BCUT2D eigenvalue weighted by Crippen LogP contribution is 2.36. The Bertz CT molecular complexity index is 1120. The van der Waals surface area contributed by atoms with Crippen molar-refractivity contribution in [3.8, 4) is 0 Å². The predicted molar refractivity (Wildman–Crippen MR) is 143 cm³/mol. The number of rotatable bonds is 6. The molecule has 4 rings (SSSR count). The molecule has 2 fully saturated rings. The van der Waals surface area contributed by atoms with Crippen molar-refractivity contribution < 1.29 is 23.5 Å². The molecule has 37 heavy (non-hydrogen) atoms. The fourth-order valence-electron chi connectivity index (χ4n) is 4.84. The zero-order valence-corrected chi connectivity index (χ0v) is 22.5. The lowest BCUT2D eigenvalue weighted by atomic mass is 10.0. The summed E-state index contributed by atoms with van der Waals surface area (Å²) in [5.74, 6) is -0.0723. The maximum absolute atomic E-state index is 13.6. The molecule has 9 nitrogen and oxygen atoms in total. The monoisotopic (exact) mass is 533 g/mol. The molecule has 4 amide bonds. The first kappa shape index (κ1) is 27.1. The summed E-state index contributed by atoms with van der Waals surface area (Å²) >= 11 is 1.41. The smallest absolute Gasteiger partial charge is 0.410 e. The van der Waals surface area contributed by atoms with E-state index in [0.29, 0.717) is 49.3 Å². The van der Waals surface area contributed by atoms with Crippen molar-refractivity contribution in [2.45, 2.75) is 45.3 Å². The number of carbonyl (C=O) groups excluding carboxylic acids is 3. The summed E-state index contributed by atoms with van der Waals surface area (Å²) in [4.78, 5) is 44.1. The van der Waals surface area contributed by atoms with E-state index in [-0.39, 0.29) is 11.9 Å². The number of hydrogen-bond acceptors (Lipinski definition) is 6. The highest BCUT2D eigenvalue weighted by atomic mass is 32.1. The molecule has 202 valence electrons. The molecule has 0 spiro atoms. The number of thiophene rings is 1. The minimum Gasteiger partial charge on any atom is -0.441 e. The van der Waals surface area contributed by atoms with Crippen molar-refractivity contribution in [2.75, 3.05) is 57.8 Å². The summed E-state index contributed by atoms with van der Waals surface area (Å²) in [5, 5.41) is 7.00. The molecule has 2 aliphatic rings. The molecule has 0 aliphatic carbocycles. The van der Waals surface area contributed by atoms with Gasteiger partial charge in [0.2, 0.25) is 0 Å². The van der Waals surface area contributed by atoms with Gasteiger partial charge in [0.1, 0.15) is 17.3 Å². The highest BCUT2D eigenvalue weighted by molar-refractivity contribution is 7.23. The maximum atomic E-state index is 13.6. The van der Waals surface area contributed by atoms with Crippen LogP contribution in [0.4, 0.5) is 19.0 Å². The van der Waals surface area contributed by atoms with Crippen LogP contribution in [0.3, 0.4) is 0 Å². The molecule has 11 heteroatoms. The van der Waals surface area contributed by atoms with Gasteiger partial charge in [0.25, 0.3) is 5.91 Å². The number of nitrogens with zero attached hydrogens (tertiary/aromatic N) is 3. The number of hydrogen-bond donors (Lipinski definition) is 2. The third-order valence-corrected chi connectivity index (χ3v) is 7.99. The Morgan fingerprint density at radius 2 is 1.73 bits per heavy atom. The van der Waals surface area contributed by atoms with Crippen LogP contribution in [0, 0.1) is 0 Å². The van der Waals surface area contributed by atoms with Gasteiger partial charge in [0.05, 0.1) is 5.56 Å². The van der Waals surface area contributed by atoms with Crippen LogP contribution in [0.1, 0.15) is 44.0 Å². The quantitative estimate of drug-likeness (QED) is 0.582. The van der Waals surface area contributed by atoms with E-state index in [1.54, 1.807) is 18.7 Å². The van der Waals surface area contributed by atoms with Crippen LogP contribution in [-0.2, 0) is 4.74 Å². The van der Waals surface area contributed by atoms with Gasteiger partial charge in [-0.25, -0.2) is 14.0 Å². The van der Waals surface area contributed by atoms with E-state index in [2.05, 4.69) is 15.5 Å². The normalized spacial score (nSPS) is 17.6. The Morgan fingerprint density at radius 1 is 1.05 bits per heavy atom. The number of likely N-dealkylation sites (tertiary alicyclic amines) is 1. The van der Waals surface area contributed by atoms with Crippen molar-refractivity contribution in [1.82, 2.24) is 20.0 Å². The SMILES string of the molecule is CCNC(=O)Nc1sc2ccccc2c1C(=O)N1CCN(C2CCN(C(=O)OC(C)(C)CF)CC2)CC1. The topological polar surface area (TPSA) is 94.2 Å². The lowest BCUT2D eigenvalue weighted by molar-refractivity contribution is -0.0101. The second-order valence-corrected chi connectivity index (χ2v) is 11.1. The number of amides is 4. The number of nitrogens with one attached hydrogen (secondary N) is 2. The van der Waals surface area contributed by atoms with Crippen LogP contribution < -0.4 is 10.6 Å². The number of benzene rings is 1. The first-order chi connectivity index (χ1) is 17.7. The molecule has 2 N–H and O–H groups in total. The van der Waals surface area contributed by atoms with Crippen molar-refractivity contribution in [3.05, 3.63) is 29.8 Å². The lowest BCUT2D eigenvalue weighted by Crippen LogP contribution is -2.55. The molecule has 1 aromatic heterocycles. The summed E-state index contributed by atoms with van der Waals surface area (Å²) in [5.41, 5.74) is -0.567. The Kier molecular flexibility index (Phi) is 8.53. The predicted octanol–water partition coefficient (Wildman–Crippen LogP) is 4.15. The summed E-state index contributed by atoms with van der Waals surface area (Å²) in [6.07, 6.45) is 1.17. The van der Waals surface area contributed by atoms with Crippen LogP contribution in [0.5, 0.6) is 0 Å². The second-order valence-electron chi connectivity index (χ2n) is 10.1. The number of halogens is 1. The number of alkyl halides is 1. The summed E-state index contributed by atoms with van der Waals surface area (Å²) in [6, 6.07) is 7.71. The van der Waals surface area contributed by atoms with Gasteiger partial charge in [0, 0.05) is 61.9 Å². The maximum Gasteiger partial charge on any atom is 0.410 e. The largest absolute Gasteiger partial charge is 0.441 e. The van der Waals surface area contributed by atoms with E-state index in [9.17, 15) is 18.8 Å². The van der Waals surface area contributed by atoms with Crippen LogP contribution in [0.15, 0.2) is 24.3 Å². The van der Waals surface area contributed by atoms with Crippen LogP contribution >= 0.6 is 11.3 Å². The third kappa shape index (κ3) is 6.32. The number of piperidine rings is 1. The number of anilines is 1. The van der Waals surface area contributed by atoms with Crippen LogP contribution in [0.25, 0.3) is 10.1 Å². The fraction of sp³-hybridized carbons (Fsp3) is 0.577. The minimum atomic E-state index is -1.11. The number of fused-ring (bicyclic) bond motifs is 1. The number of carbonyl (C=O) groups is 3. The zero-order valence-electron chi connectivity index (χ0n) is 21.7. The highest BCUT2D eigenvalue weighted by Gasteiger charge is 2.34. The van der Waals surface area contributed by atoms with Gasteiger partial charge in [-0.3, -0.25) is 15.0 Å². The van der Waals surface area contributed by atoms with E-state index >= 15 is 0 Å². The van der Waals surface area contributed by atoms with E-state index in [1.807, 2.05) is 36.1 Å². The molecule has 0 unspecified atom stereocenters. The molecule has 0 radical (unpaired) electrons. The van der Waals surface area contributed by atoms with Gasteiger partial charge in [-0.2, -0.15) is 0 Å². The number of piperazine rings is 1. The molecular formula is C26H36FN5O4S. The number of urea groups is 1. The van der Waals surface area contributed by atoms with Crippen molar-refractivity contribution >= 4 is 44.5 Å². The zero-order chi connectivity index (χ0) is 26.6. The lowest BCUT2D eigenvalue weighted by Gasteiger charge is -2.42. The summed E-state index contributed by atoms with van der Waals surface area (Å²) < 4.78 is 19.3. The van der Waals surface area contributed by atoms with Crippen LogP contribution in [-0.4, -0.2) is 96.9 Å². The van der Waals surface area contributed by atoms with Gasteiger partial charge in [-0.05, 0) is 39.7 Å². The fourth-order valence-corrected chi connectivity index (χ4v) is 5.93. The van der Waals surface area contributed by atoms with E-state index < -0.39 is 18.4 Å². The molecule has 2 aromatic rings. The Morgan fingerprint density at radius 3 is 2.38 bits per heavy atom. The molecule has 0 atom stereocenters. The molecule has 2 aliphatic heterocycles. The number of ether oxygens (including phenoxy) is 1. The first-order valence-corrected chi connectivity index (χ1v) is 13.7. The van der Waals surface area contributed by atoms with Gasteiger partial charge in [-0.15, -0.1) is 11.3 Å². The minimum absolute atomic E-state index is 0.0723. The molecular weight excluding hydrogens is 497 g/mol.